The molecule has 1 aromatic heterocycles. The van der Waals surface area contributed by atoms with Gasteiger partial charge in [0.2, 0.25) is 12.7 Å². The SMILES string of the molecule is NC1=N[C@](CF)(c2cc(NC(=O)c3cnc(OCF)cn3)ccc2F)C[C@@H](C(F)(F)F)O1. The number of aromatic nitrogens is 2. The van der Waals surface area contributed by atoms with E-state index in [1.807, 2.05) is 0 Å². The Hall–Kier alpha value is -3.58. The van der Waals surface area contributed by atoms with E-state index < -0.39 is 61.1 Å². The predicted molar refractivity (Wildman–Crippen MR) is 97.8 cm³/mol. The lowest BCUT2D eigenvalue weighted by atomic mass is 9.84. The molecule has 0 aliphatic carbocycles. The van der Waals surface area contributed by atoms with Gasteiger partial charge in [-0.1, -0.05) is 0 Å². The summed E-state index contributed by atoms with van der Waals surface area (Å²) in [4.78, 5) is 23.3. The Kier molecular flexibility index (Phi) is 6.41. The van der Waals surface area contributed by atoms with Crippen LogP contribution < -0.4 is 15.8 Å². The standard InChI is InChI=1S/C18H15F6N5O3/c19-7-17(4-13(18(22,23)24)32-16(25)29-17)10-3-9(1-2-11(10)21)28-15(30)12-5-27-14(6-26-12)31-8-20/h1-3,5-6,13H,4,7-8H2,(H2,25,29)(H,28,30)/t13-,17+/m0/s1. The molecule has 1 aliphatic heterocycles. The van der Waals surface area contributed by atoms with Crippen LogP contribution in [0.5, 0.6) is 5.88 Å². The zero-order valence-electron chi connectivity index (χ0n) is 16.0. The van der Waals surface area contributed by atoms with Gasteiger partial charge in [-0.25, -0.2) is 28.1 Å². The molecule has 0 unspecified atom stereocenters. The van der Waals surface area contributed by atoms with Crippen LogP contribution in [0.15, 0.2) is 35.6 Å². The van der Waals surface area contributed by atoms with Crippen LogP contribution in [0, 0.1) is 5.82 Å². The normalized spacial score (nSPS) is 20.8. The van der Waals surface area contributed by atoms with Crippen molar-refractivity contribution in [2.75, 3.05) is 18.9 Å². The fraction of sp³-hybridized carbons (Fsp3) is 0.333. The second-order valence-corrected chi connectivity index (χ2v) is 6.61. The number of anilines is 1. The molecule has 1 aromatic carbocycles. The highest BCUT2D eigenvalue weighted by Gasteiger charge is 2.52. The second-order valence-electron chi connectivity index (χ2n) is 6.61. The molecule has 3 rings (SSSR count). The van der Waals surface area contributed by atoms with E-state index >= 15 is 0 Å². The number of benzene rings is 1. The van der Waals surface area contributed by atoms with E-state index in [2.05, 4.69) is 29.8 Å². The Morgan fingerprint density at radius 1 is 1.28 bits per heavy atom. The second kappa shape index (κ2) is 8.88. The molecular formula is C18H15F6N5O3. The lowest BCUT2D eigenvalue weighted by molar-refractivity contribution is -0.209. The number of amides is 1. The molecule has 14 heteroatoms. The highest BCUT2D eigenvalue weighted by Crippen LogP contribution is 2.42. The van der Waals surface area contributed by atoms with E-state index in [1.54, 1.807) is 0 Å². The van der Waals surface area contributed by atoms with Gasteiger partial charge < -0.3 is 20.5 Å². The summed E-state index contributed by atoms with van der Waals surface area (Å²) in [6, 6.07) is 1.92. The molecule has 2 heterocycles. The molecule has 2 aromatic rings. The first-order chi connectivity index (χ1) is 15.1. The summed E-state index contributed by atoms with van der Waals surface area (Å²) in [5, 5.41) is 2.33. The van der Waals surface area contributed by atoms with Crippen LogP contribution in [0.2, 0.25) is 0 Å². The highest BCUT2D eigenvalue weighted by molar-refractivity contribution is 6.02. The Balaban J connectivity index is 1.90. The quantitative estimate of drug-likeness (QED) is 0.638. The average molecular weight is 463 g/mol. The number of amidine groups is 1. The third kappa shape index (κ3) is 4.84. The van der Waals surface area contributed by atoms with Crippen molar-refractivity contribution in [2.24, 2.45) is 10.7 Å². The van der Waals surface area contributed by atoms with Crippen LogP contribution in [0.1, 0.15) is 22.5 Å². The van der Waals surface area contributed by atoms with Crippen molar-refractivity contribution in [3.63, 3.8) is 0 Å². The fourth-order valence-corrected chi connectivity index (χ4v) is 3.00. The van der Waals surface area contributed by atoms with Gasteiger partial charge in [0.15, 0.2) is 6.10 Å². The molecule has 0 saturated heterocycles. The van der Waals surface area contributed by atoms with Gasteiger partial charge >= 0.3 is 6.18 Å². The van der Waals surface area contributed by atoms with Gasteiger partial charge in [-0.15, -0.1) is 0 Å². The number of nitrogens with two attached hydrogens (primary N) is 1. The summed E-state index contributed by atoms with van der Waals surface area (Å²) in [5.41, 5.74) is 2.11. The molecule has 32 heavy (non-hydrogen) atoms. The lowest BCUT2D eigenvalue weighted by Crippen LogP contribution is -2.48. The Labute approximate surface area is 176 Å². The van der Waals surface area contributed by atoms with E-state index in [4.69, 9.17) is 5.73 Å². The van der Waals surface area contributed by atoms with E-state index in [0.29, 0.717) is 0 Å². The number of alkyl halides is 5. The number of hydrogen-bond donors (Lipinski definition) is 2. The van der Waals surface area contributed by atoms with Crippen molar-refractivity contribution < 1.29 is 40.6 Å². The van der Waals surface area contributed by atoms with Gasteiger partial charge in [0.1, 0.15) is 23.7 Å². The summed E-state index contributed by atoms with van der Waals surface area (Å²) >= 11 is 0. The zero-order valence-corrected chi connectivity index (χ0v) is 16.0. The first-order valence-electron chi connectivity index (χ1n) is 8.85. The van der Waals surface area contributed by atoms with Crippen molar-refractivity contribution in [1.29, 1.82) is 0 Å². The Bertz CT molecular complexity index is 1020. The maximum Gasteiger partial charge on any atom is 0.425 e. The van der Waals surface area contributed by atoms with Gasteiger partial charge in [-0.2, -0.15) is 13.2 Å². The number of rotatable bonds is 6. The number of halogens is 6. The number of ether oxygens (including phenoxy) is 2. The molecule has 0 bridgehead atoms. The Morgan fingerprint density at radius 3 is 2.62 bits per heavy atom. The van der Waals surface area contributed by atoms with Gasteiger partial charge in [0.25, 0.3) is 11.9 Å². The number of nitrogens with one attached hydrogen (secondary N) is 1. The summed E-state index contributed by atoms with van der Waals surface area (Å²) in [7, 11) is 0. The van der Waals surface area contributed by atoms with Crippen LogP contribution in [0.4, 0.5) is 32.0 Å². The van der Waals surface area contributed by atoms with Crippen molar-refractivity contribution in [1.82, 2.24) is 9.97 Å². The van der Waals surface area contributed by atoms with E-state index in [0.717, 1.165) is 30.6 Å². The van der Waals surface area contributed by atoms with Crippen molar-refractivity contribution in [3.8, 4) is 5.88 Å². The predicted octanol–water partition coefficient (Wildman–Crippen LogP) is 3.00. The molecule has 0 saturated carbocycles. The first kappa shape index (κ1) is 23.1. The topological polar surface area (TPSA) is 112 Å². The van der Waals surface area contributed by atoms with Crippen LogP contribution in [0.3, 0.4) is 0 Å². The smallest absolute Gasteiger partial charge is 0.425 e. The molecule has 0 radical (unpaired) electrons. The fourth-order valence-electron chi connectivity index (χ4n) is 3.00. The zero-order chi connectivity index (χ0) is 23.5. The monoisotopic (exact) mass is 463 g/mol. The lowest BCUT2D eigenvalue weighted by Gasteiger charge is -2.36. The maximum absolute atomic E-state index is 14.5. The summed E-state index contributed by atoms with van der Waals surface area (Å²) < 4.78 is 89.1. The molecule has 1 amide bonds. The van der Waals surface area contributed by atoms with Gasteiger partial charge in [-0.05, 0) is 18.2 Å². The van der Waals surface area contributed by atoms with E-state index in [9.17, 15) is 31.1 Å². The van der Waals surface area contributed by atoms with Crippen LogP contribution >= 0.6 is 0 Å². The van der Waals surface area contributed by atoms with Crippen molar-refractivity contribution >= 4 is 17.6 Å². The first-order valence-corrected chi connectivity index (χ1v) is 8.85. The van der Waals surface area contributed by atoms with Gasteiger partial charge in [-0.3, -0.25) is 4.79 Å². The molecular weight excluding hydrogens is 448 g/mol. The molecule has 3 N–H and O–H groups in total. The van der Waals surface area contributed by atoms with Crippen molar-refractivity contribution in [2.45, 2.75) is 24.2 Å². The summed E-state index contributed by atoms with van der Waals surface area (Å²) in [5.74, 6) is -2.07. The molecule has 0 fully saturated rings. The van der Waals surface area contributed by atoms with Crippen molar-refractivity contribution in [3.05, 3.63) is 47.7 Å². The summed E-state index contributed by atoms with van der Waals surface area (Å²) in [6.45, 7) is -2.67. The Morgan fingerprint density at radius 2 is 2.03 bits per heavy atom. The van der Waals surface area contributed by atoms with E-state index in [-0.39, 0.29) is 17.3 Å². The molecule has 172 valence electrons. The number of carbonyl (C=O) groups excluding carboxylic acids is 1. The average Bonchev–Trinajstić information content (AvgIpc) is 2.74. The molecule has 1 aliphatic rings. The third-order valence-electron chi connectivity index (χ3n) is 4.49. The number of aliphatic imine (C=N–C) groups is 1. The summed E-state index contributed by atoms with van der Waals surface area (Å²) in [6.07, 6.45) is -6.51. The number of hydrogen-bond acceptors (Lipinski definition) is 7. The minimum absolute atomic E-state index is 0.0890. The number of carbonyl (C=O) groups is 1. The number of nitrogens with zero attached hydrogens (tertiary/aromatic N) is 3. The largest absolute Gasteiger partial charge is 0.452 e. The van der Waals surface area contributed by atoms with Crippen LogP contribution in [-0.2, 0) is 10.3 Å². The van der Waals surface area contributed by atoms with Gasteiger partial charge in [0.05, 0.1) is 12.4 Å². The van der Waals surface area contributed by atoms with E-state index in [1.165, 1.54) is 0 Å². The minimum Gasteiger partial charge on any atom is -0.452 e. The third-order valence-corrected chi connectivity index (χ3v) is 4.49. The van der Waals surface area contributed by atoms with Gasteiger partial charge in [0, 0.05) is 17.7 Å². The molecule has 8 nitrogen and oxygen atoms in total. The van der Waals surface area contributed by atoms with Crippen LogP contribution in [-0.4, -0.2) is 47.7 Å². The molecule has 2 atom stereocenters. The maximum atomic E-state index is 14.5. The molecule has 0 spiro atoms. The highest BCUT2D eigenvalue weighted by atomic mass is 19.4. The van der Waals surface area contributed by atoms with Crippen LogP contribution in [0.25, 0.3) is 0 Å². The minimum atomic E-state index is -4.90.